The number of hydrogen-bond donors (Lipinski definition) is 1. The van der Waals surface area contributed by atoms with Crippen molar-refractivity contribution >= 4 is 23.1 Å². The number of halogens is 3. The Bertz CT molecular complexity index is 1660. The number of fused-ring (bicyclic) bond motifs is 1. The molecule has 9 nitrogen and oxygen atoms in total. The van der Waals surface area contributed by atoms with Crippen LogP contribution in [0.25, 0.3) is 16.8 Å². The van der Waals surface area contributed by atoms with Crippen LogP contribution in [0.1, 0.15) is 52.7 Å². The predicted octanol–water partition coefficient (Wildman–Crippen LogP) is 5.54. The fourth-order valence-corrected chi connectivity index (χ4v) is 5.22. The number of likely N-dealkylation sites (tertiary alicyclic amines) is 1. The van der Waals surface area contributed by atoms with Crippen LogP contribution in [-0.4, -0.2) is 68.2 Å². The molecule has 43 heavy (non-hydrogen) atoms. The van der Waals surface area contributed by atoms with Crippen molar-refractivity contribution in [1.82, 2.24) is 29.2 Å². The van der Waals surface area contributed by atoms with Gasteiger partial charge in [0.15, 0.2) is 0 Å². The Kier molecular flexibility index (Phi) is 8.58. The zero-order chi connectivity index (χ0) is 30.7. The van der Waals surface area contributed by atoms with Gasteiger partial charge in [-0.25, -0.2) is 9.97 Å². The lowest BCUT2D eigenvalue weighted by Crippen LogP contribution is -2.38. The van der Waals surface area contributed by atoms with Gasteiger partial charge >= 0.3 is 6.18 Å². The minimum absolute atomic E-state index is 0.0544. The van der Waals surface area contributed by atoms with Crippen LogP contribution in [0.5, 0.6) is 0 Å². The van der Waals surface area contributed by atoms with Crippen LogP contribution in [0.3, 0.4) is 0 Å². The molecule has 0 spiro atoms. The van der Waals surface area contributed by atoms with E-state index in [0.29, 0.717) is 18.8 Å². The second-order valence-electron chi connectivity index (χ2n) is 10.7. The van der Waals surface area contributed by atoms with Gasteiger partial charge in [0.25, 0.3) is 5.91 Å². The number of alkyl halides is 3. The van der Waals surface area contributed by atoms with Crippen molar-refractivity contribution in [2.24, 2.45) is 0 Å². The molecule has 5 rings (SSSR count). The Morgan fingerprint density at radius 2 is 1.86 bits per heavy atom. The van der Waals surface area contributed by atoms with Crippen molar-refractivity contribution in [2.75, 3.05) is 32.5 Å². The minimum atomic E-state index is -4.55. The van der Waals surface area contributed by atoms with Crippen LogP contribution in [-0.2, 0) is 11.0 Å². The largest absolute Gasteiger partial charge is 0.416 e. The number of carbonyl (C=O) groups excluding carboxylic acids is 2. The van der Waals surface area contributed by atoms with Gasteiger partial charge in [-0.05, 0) is 64.5 Å². The van der Waals surface area contributed by atoms with Crippen molar-refractivity contribution in [3.63, 3.8) is 0 Å². The number of anilines is 1. The zero-order valence-corrected chi connectivity index (χ0v) is 24.1. The minimum Gasteiger partial charge on any atom is -0.329 e. The zero-order valence-electron chi connectivity index (χ0n) is 24.1. The molecule has 4 aromatic rings. The number of carbonyl (C=O) groups is 2. The van der Waals surface area contributed by atoms with Crippen LogP contribution in [0, 0.1) is 6.92 Å². The lowest BCUT2D eigenvalue weighted by molar-refractivity contribution is -0.137. The summed E-state index contributed by atoms with van der Waals surface area (Å²) in [5, 5.41) is 2.43. The maximum absolute atomic E-state index is 13.2. The van der Waals surface area contributed by atoms with E-state index < -0.39 is 17.6 Å². The molecule has 1 N–H and O–H groups in total. The summed E-state index contributed by atoms with van der Waals surface area (Å²) in [5.74, 6) is -0.105. The molecule has 0 unspecified atom stereocenters. The maximum Gasteiger partial charge on any atom is 0.416 e. The fourth-order valence-electron chi connectivity index (χ4n) is 5.22. The standard InChI is InChI=1S/C31H32F3N7O2/c1-20-28-27(21-9-11-22(12-10-21)30(43)37-25-19-23(13-14-36-25)31(32,33)34)38-29(41(28)18-15-35-20)24-7-4-5-17-40(24)26(42)8-6-16-39(2)3/h6,8-15,18-19,24H,4-5,7,16-17H2,1-3H3,(H,36,37,43)/b8-6+/t24-/m0/s1. The highest BCUT2D eigenvalue weighted by Crippen LogP contribution is 2.35. The highest BCUT2D eigenvalue weighted by molar-refractivity contribution is 6.04. The van der Waals surface area contributed by atoms with Gasteiger partial charge < -0.3 is 15.1 Å². The normalized spacial score (nSPS) is 15.9. The molecular weight excluding hydrogens is 559 g/mol. The van der Waals surface area contributed by atoms with Crippen molar-refractivity contribution in [3.05, 3.63) is 89.8 Å². The summed E-state index contributed by atoms with van der Waals surface area (Å²) < 4.78 is 41.1. The number of nitrogens with zero attached hydrogens (tertiary/aromatic N) is 6. The number of nitrogens with one attached hydrogen (secondary N) is 1. The van der Waals surface area contributed by atoms with Crippen LogP contribution >= 0.6 is 0 Å². The van der Waals surface area contributed by atoms with E-state index in [1.807, 2.05) is 47.5 Å². The first-order valence-corrected chi connectivity index (χ1v) is 13.9. The second-order valence-corrected chi connectivity index (χ2v) is 10.7. The summed E-state index contributed by atoms with van der Waals surface area (Å²) in [6, 6.07) is 8.05. The molecule has 224 valence electrons. The van der Waals surface area contributed by atoms with Crippen LogP contribution in [0.4, 0.5) is 19.0 Å². The molecule has 3 aromatic heterocycles. The molecule has 12 heteroatoms. The quantitative estimate of drug-likeness (QED) is 0.284. The van der Waals surface area contributed by atoms with Gasteiger partial charge in [-0.2, -0.15) is 13.2 Å². The van der Waals surface area contributed by atoms with Gasteiger partial charge in [-0.1, -0.05) is 18.2 Å². The molecular formula is C31H32F3N7O2. The Labute approximate surface area is 247 Å². The lowest BCUT2D eigenvalue weighted by Gasteiger charge is -2.34. The summed E-state index contributed by atoms with van der Waals surface area (Å²) in [5.41, 5.74) is 2.29. The Morgan fingerprint density at radius 1 is 1.09 bits per heavy atom. The molecule has 1 aromatic carbocycles. The van der Waals surface area contributed by atoms with Crippen molar-refractivity contribution in [1.29, 1.82) is 0 Å². The van der Waals surface area contributed by atoms with Gasteiger partial charge in [0.2, 0.25) is 5.91 Å². The maximum atomic E-state index is 13.2. The SMILES string of the molecule is Cc1nccn2c([C@@H]3CCCCN3C(=O)/C=C/CN(C)C)nc(-c3ccc(C(=O)Nc4cc(C(F)(F)F)ccn4)cc3)c12. The summed E-state index contributed by atoms with van der Waals surface area (Å²) in [6.45, 7) is 3.19. The van der Waals surface area contributed by atoms with E-state index in [4.69, 9.17) is 4.98 Å². The highest BCUT2D eigenvalue weighted by atomic mass is 19.4. The number of benzene rings is 1. The molecule has 0 radical (unpaired) electrons. The molecule has 0 saturated carbocycles. The van der Waals surface area contributed by atoms with Crippen molar-refractivity contribution in [2.45, 2.75) is 38.4 Å². The van der Waals surface area contributed by atoms with Crippen molar-refractivity contribution in [3.8, 4) is 11.3 Å². The molecule has 0 bridgehead atoms. The van der Waals surface area contributed by atoms with Crippen LogP contribution in [0.2, 0.25) is 0 Å². The number of pyridine rings is 1. The van der Waals surface area contributed by atoms with E-state index in [-0.39, 0.29) is 23.3 Å². The number of hydrogen-bond acceptors (Lipinski definition) is 6. The molecule has 1 aliphatic rings. The van der Waals surface area contributed by atoms with E-state index in [2.05, 4.69) is 15.3 Å². The summed E-state index contributed by atoms with van der Waals surface area (Å²) >= 11 is 0. The lowest BCUT2D eigenvalue weighted by atomic mass is 10.0. The van der Waals surface area contributed by atoms with Crippen LogP contribution in [0.15, 0.2) is 67.1 Å². The number of likely N-dealkylation sites (N-methyl/N-ethyl adjacent to an activating group) is 1. The average molecular weight is 592 g/mol. The molecule has 1 atom stereocenters. The summed E-state index contributed by atoms with van der Waals surface area (Å²) in [7, 11) is 3.89. The molecule has 1 fully saturated rings. The van der Waals surface area contributed by atoms with Gasteiger partial charge in [0, 0.05) is 48.9 Å². The molecule has 1 saturated heterocycles. The van der Waals surface area contributed by atoms with Crippen molar-refractivity contribution < 1.29 is 22.8 Å². The fraction of sp³-hybridized carbons (Fsp3) is 0.323. The highest BCUT2D eigenvalue weighted by Gasteiger charge is 2.32. The van der Waals surface area contributed by atoms with E-state index in [0.717, 1.165) is 60.2 Å². The van der Waals surface area contributed by atoms with E-state index in [1.54, 1.807) is 36.5 Å². The summed E-state index contributed by atoms with van der Waals surface area (Å²) in [4.78, 5) is 43.2. The average Bonchev–Trinajstić information content (AvgIpc) is 3.37. The molecule has 1 aliphatic heterocycles. The number of amides is 2. The number of aryl methyl sites for hydroxylation is 1. The number of rotatable bonds is 7. The Balaban J connectivity index is 1.44. The third-order valence-electron chi connectivity index (χ3n) is 7.33. The van der Waals surface area contributed by atoms with Gasteiger partial charge in [0.05, 0.1) is 28.5 Å². The van der Waals surface area contributed by atoms with Gasteiger partial charge in [0.1, 0.15) is 11.6 Å². The first-order valence-electron chi connectivity index (χ1n) is 13.9. The third-order valence-corrected chi connectivity index (χ3v) is 7.33. The van der Waals surface area contributed by atoms with E-state index in [1.165, 1.54) is 0 Å². The second kappa shape index (κ2) is 12.3. The number of piperidine rings is 1. The van der Waals surface area contributed by atoms with E-state index >= 15 is 0 Å². The third kappa shape index (κ3) is 6.59. The summed E-state index contributed by atoms with van der Waals surface area (Å²) in [6.07, 6.45) is 6.15. The number of imidazole rings is 1. The Hall–Kier alpha value is -4.58. The van der Waals surface area contributed by atoms with Gasteiger partial charge in [-0.15, -0.1) is 0 Å². The predicted molar refractivity (Wildman–Crippen MR) is 156 cm³/mol. The number of aromatic nitrogens is 4. The molecule has 2 amide bonds. The Morgan fingerprint density at radius 3 is 2.58 bits per heavy atom. The molecule has 0 aliphatic carbocycles. The topological polar surface area (TPSA) is 95.7 Å². The smallest absolute Gasteiger partial charge is 0.329 e. The monoisotopic (exact) mass is 591 g/mol. The first kappa shape index (κ1) is 29.9. The van der Waals surface area contributed by atoms with Crippen LogP contribution < -0.4 is 5.32 Å². The first-order chi connectivity index (χ1) is 20.5. The van der Waals surface area contributed by atoms with Gasteiger partial charge in [-0.3, -0.25) is 19.0 Å². The van der Waals surface area contributed by atoms with E-state index in [9.17, 15) is 22.8 Å². The molecule has 4 heterocycles.